The average Bonchev–Trinajstić information content (AvgIpc) is 2.42. The van der Waals surface area contributed by atoms with E-state index in [2.05, 4.69) is 5.32 Å². The Bertz CT molecular complexity index is 548. The zero-order valence-electron chi connectivity index (χ0n) is 13.1. The molecule has 1 aromatic rings. The number of aliphatic hydroxyl groups excluding tert-OH is 1. The van der Waals surface area contributed by atoms with Crippen molar-refractivity contribution in [2.45, 2.75) is 33.3 Å². The SMILES string of the molecule is CC(O)CC(C)(C)CNC(=O)C=Cc1ccc([N+](=O)[O-])cc1. The van der Waals surface area contributed by atoms with E-state index in [1.165, 1.54) is 18.2 Å². The Hall–Kier alpha value is -2.21. The third-order valence-electron chi connectivity index (χ3n) is 3.12. The number of amides is 1. The number of nitro groups is 1. The number of aliphatic hydroxyl groups is 1. The van der Waals surface area contributed by atoms with Gasteiger partial charge < -0.3 is 10.4 Å². The summed E-state index contributed by atoms with van der Waals surface area (Å²) in [5, 5.41) is 22.7. The van der Waals surface area contributed by atoms with Crippen LogP contribution in [0.1, 0.15) is 32.8 Å². The van der Waals surface area contributed by atoms with E-state index < -0.39 is 11.0 Å². The van der Waals surface area contributed by atoms with Crippen molar-refractivity contribution in [1.29, 1.82) is 0 Å². The molecule has 1 rings (SSSR count). The highest BCUT2D eigenvalue weighted by Crippen LogP contribution is 2.21. The van der Waals surface area contributed by atoms with Crippen LogP contribution in [0.5, 0.6) is 0 Å². The summed E-state index contributed by atoms with van der Waals surface area (Å²) in [4.78, 5) is 21.8. The molecule has 0 aromatic heterocycles. The molecule has 6 nitrogen and oxygen atoms in total. The van der Waals surface area contributed by atoms with Crippen molar-refractivity contribution in [2.75, 3.05) is 6.54 Å². The Kier molecular flexibility index (Phi) is 6.24. The zero-order chi connectivity index (χ0) is 16.8. The molecule has 1 aromatic carbocycles. The summed E-state index contributed by atoms with van der Waals surface area (Å²) in [7, 11) is 0. The highest BCUT2D eigenvalue weighted by atomic mass is 16.6. The molecular formula is C16H22N2O4. The molecule has 0 bridgehead atoms. The molecule has 0 saturated heterocycles. The first kappa shape index (κ1) is 17.8. The summed E-state index contributed by atoms with van der Waals surface area (Å²) in [6, 6.07) is 5.95. The summed E-state index contributed by atoms with van der Waals surface area (Å²) >= 11 is 0. The molecule has 0 radical (unpaired) electrons. The topological polar surface area (TPSA) is 92.5 Å². The van der Waals surface area contributed by atoms with Crippen LogP contribution in [0.15, 0.2) is 30.3 Å². The summed E-state index contributed by atoms with van der Waals surface area (Å²) in [6.07, 6.45) is 3.17. The van der Waals surface area contributed by atoms with Crippen molar-refractivity contribution in [3.8, 4) is 0 Å². The fourth-order valence-corrected chi connectivity index (χ4v) is 2.14. The van der Waals surface area contributed by atoms with Crippen molar-refractivity contribution in [3.05, 3.63) is 46.0 Å². The lowest BCUT2D eigenvalue weighted by Gasteiger charge is -2.26. The number of nitro benzene ring substituents is 1. The van der Waals surface area contributed by atoms with Gasteiger partial charge in [-0.15, -0.1) is 0 Å². The lowest BCUT2D eigenvalue weighted by Crippen LogP contribution is -2.34. The molecule has 0 fully saturated rings. The van der Waals surface area contributed by atoms with Gasteiger partial charge in [0, 0.05) is 24.8 Å². The van der Waals surface area contributed by atoms with E-state index in [0.29, 0.717) is 18.5 Å². The molecule has 0 aliphatic rings. The van der Waals surface area contributed by atoms with Crippen LogP contribution in [0.2, 0.25) is 0 Å². The van der Waals surface area contributed by atoms with Crippen LogP contribution >= 0.6 is 0 Å². The second-order valence-electron chi connectivity index (χ2n) is 6.12. The van der Waals surface area contributed by atoms with Crippen LogP contribution in [0.4, 0.5) is 5.69 Å². The van der Waals surface area contributed by atoms with Gasteiger partial charge in [-0.3, -0.25) is 14.9 Å². The Labute approximate surface area is 130 Å². The van der Waals surface area contributed by atoms with E-state index in [4.69, 9.17) is 0 Å². The van der Waals surface area contributed by atoms with Crippen LogP contribution in [0.3, 0.4) is 0 Å². The molecule has 0 spiro atoms. The maximum atomic E-state index is 11.8. The summed E-state index contributed by atoms with van der Waals surface area (Å²) < 4.78 is 0. The normalized spacial score (nSPS) is 13.1. The number of carbonyl (C=O) groups excluding carboxylic acids is 1. The van der Waals surface area contributed by atoms with Gasteiger partial charge >= 0.3 is 0 Å². The second kappa shape index (κ2) is 7.70. The monoisotopic (exact) mass is 306 g/mol. The molecule has 2 N–H and O–H groups in total. The minimum absolute atomic E-state index is 0.0153. The molecule has 1 atom stereocenters. The van der Waals surface area contributed by atoms with Crippen molar-refractivity contribution in [1.82, 2.24) is 5.32 Å². The smallest absolute Gasteiger partial charge is 0.269 e. The fourth-order valence-electron chi connectivity index (χ4n) is 2.14. The molecule has 6 heteroatoms. The van der Waals surface area contributed by atoms with E-state index in [1.807, 2.05) is 13.8 Å². The van der Waals surface area contributed by atoms with Gasteiger partial charge in [-0.2, -0.15) is 0 Å². The highest BCUT2D eigenvalue weighted by Gasteiger charge is 2.20. The maximum Gasteiger partial charge on any atom is 0.269 e. The molecule has 1 amide bonds. The van der Waals surface area contributed by atoms with Crippen molar-refractivity contribution in [3.63, 3.8) is 0 Å². The van der Waals surface area contributed by atoms with Crippen LogP contribution in [0.25, 0.3) is 6.08 Å². The number of benzene rings is 1. The first-order valence-corrected chi connectivity index (χ1v) is 7.08. The Morgan fingerprint density at radius 3 is 2.50 bits per heavy atom. The molecule has 1 unspecified atom stereocenters. The lowest BCUT2D eigenvalue weighted by atomic mass is 9.87. The Balaban J connectivity index is 2.52. The number of nitrogens with one attached hydrogen (secondary N) is 1. The van der Waals surface area contributed by atoms with Gasteiger partial charge in [0.25, 0.3) is 5.69 Å². The molecule has 120 valence electrons. The Morgan fingerprint density at radius 1 is 1.41 bits per heavy atom. The van der Waals surface area contributed by atoms with E-state index in [0.717, 1.165) is 0 Å². The van der Waals surface area contributed by atoms with Crippen LogP contribution in [-0.2, 0) is 4.79 Å². The van der Waals surface area contributed by atoms with Crippen LogP contribution in [0, 0.1) is 15.5 Å². The quantitative estimate of drug-likeness (QED) is 0.460. The molecule has 0 saturated carbocycles. The number of carbonyl (C=O) groups is 1. The van der Waals surface area contributed by atoms with Crippen LogP contribution in [-0.4, -0.2) is 28.6 Å². The van der Waals surface area contributed by atoms with Gasteiger partial charge in [0.15, 0.2) is 0 Å². The summed E-state index contributed by atoms with van der Waals surface area (Å²) in [6.45, 7) is 6.12. The number of non-ortho nitro benzene ring substituents is 1. The van der Waals surface area contributed by atoms with Crippen molar-refractivity contribution < 1.29 is 14.8 Å². The number of rotatable bonds is 7. The first-order valence-electron chi connectivity index (χ1n) is 7.08. The largest absolute Gasteiger partial charge is 0.393 e. The van der Waals surface area contributed by atoms with Gasteiger partial charge in [0.1, 0.15) is 0 Å². The van der Waals surface area contributed by atoms with Crippen molar-refractivity contribution >= 4 is 17.7 Å². The minimum atomic E-state index is -0.468. The van der Waals surface area contributed by atoms with Gasteiger partial charge in [0.2, 0.25) is 5.91 Å². The fraction of sp³-hybridized carbons (Fsp3) is 0.438. The predicted octanol–water partition coefficient (Wildman–Crippen LogP) is 2.52. The first-order chi connectivity index (χ1) is 10.2. The number of nitrogens with zero attached hydrogens (tertiary/aromatic N) is 1. The van der Waals surface area contributed by atoms with E-state index in [9.17, 15) is 20.0 Å². The maximum absolute atomic E-state index is 11.8. The summed E-state index contributed by atoms with van der Waals surface area (Å²) in [5.41, 5.74) is 0.538. The predicted molar refractivity (Wildman–Crippen MR) is 85.2 cm³/mol. The van der Waals surface area contributed by atoms with E-state index in [1.54, 1.807) is 25.1 Å². The third kappa shape index (κ3) is 6.49. The molecule has 22 heavy (non-hydrogen) atoms. The van der Waals surface area contributed by atoms with Gasteiger partial charge in [-0.05, 0) is 42.5 Å². The van der Waals surface area contributed by atoms with E-state index in [-0.39, 0.29) is 17.0 Å². The molecule has 0 aliphatic heterocycles. The summed E-state index contributed by atoms with van der Waals surface area (Å²) in [5.74, 6) is -0.239. The standard InChI is InChI=1S/C16H22N2O4/c1-12(19)10-16(2,3)11-17-15(20)9-6-13-4-7-14(8-5-13)18(21)22/h4-9,12,19H,10-11H2,1-3H3,(H,17,20). The van der Waals surface area contributed by atoms with Gasteiger partial charge in [-0.1, -0.05) is 13.8 Å². The van der Waals surface area contributed by atoms with Crippen LogP contribution < -0.4 is 5.32 Å². The minimum Gasteiger partial charge on any atom is -0.393 e. The van der Waals surface area contributed by atoms with E-state index >= 15 is 0 Å². The molecule has 0 heterocycles. The Morgan fingerprint density at radius 2 is 2.00 bits per heavy atom. The van der Waals surface area contributed by atoms with Gasteiger partial charge in [-0.25, -0.2) is 0 Å². The average molecular weight is 306 g/mol. The zero-order valence-corrected chi connectivity index (χ0v) is 13.1. The molecule has 0 aliphatic carbocycles. The van der Waals surface area contributed by atoms with Crippen molar-refractivity contribution in [2.24, 2.45) is 5.41 Å². The number of hydrogen-bond acceptors (Lipinski definition) is 4. The lowest BCUT2D eigenvalue weighted by molar-refractivity contribution is -0.384. The van der Waals surface area contributed by atoms with Gasteiger partial charge in [0.05, 0.1) is 11.0 Å². The third-order valence-corrected chi connectivity index (χ3v) is 3.12. The number of hydrogen-bond donors (Lipinski definition) is 2. The highest BCUT2D eigenvalue weighted by molar-refractivity contribution is 5.91. The molecular weight excluding hydrogens is 284 g/mol. The second-order valence-corrected chi connectivity index (χ2v) is 6.12.